The van der Waals surface area contributed by atoms with Crippen LogP contribution in [-0.4, -0.2) is 185 Å². The summed E-state index contributed by atoms with van der Waals surface area (Å²) in [6.07, 6.45) is 11.4. The van der Waals surface area contributed by atoms with Crippen LogP contribution in [-0.2, 0) is 9.59 Å². The van der Waals surface area contributed by atoms with Crippen LogP contribution in [0.1, 0.15) is 188 Å². The summed E-state index contributed by atoms with van der Waals surface area (Å²) in [6, 6.07) is 0.911. The van der Waals surface area contributed by atoms with Crippen LogP contribution in [0.5, 0.6) is 0 Å². The number of aliphatic hydroxyl groups is 2. The minimum atomic E-state index is -0.959. The molecule has 2 aromatic heterocycles. The van der Waals surface area contributed by atoms with Crippen LogP contribution in [0.2, 0.25) is 0 Å². The van der Waals surface area contributed by atoms with Gasteiger partial charge in [0.2, 0.25) is 35.7 Å². The largest absolute Gasteiger partial charge is 0.480 e. The van der Waals surface area contributed by atoms with E-state index in [9.17, 15) is 19.8 Å². The number of unbranched alkanes of at least 4 members (excludes halogenated alkanes) is 3. The van der Waals surface area contributed by atoms with E-state index in [1.54, 1.807) is 0 Å². The lowest BCUT2D eigenvalue weighted by Gasteiger charge is -2.49. The third-order valence-electron chi connectivity index (χ3n) is 15.2. The van der Waals surface area contributed by atoms with Gasteiger partial charge in [-0.1, -0.05) is 12.8 Å². The first-order valence-electron chi connectivity index (χ1n) is 28.4. The van der Waals surface area contributed by atoms with Gasteiger partial charge in [-0.25, -0.2) is 0 Å². The Morgan fingerprint density at radius 2 is 0.590 bits per heavy atom. The zero-order valence-corrected chi connectivity index (χ0v) is 51.7. The Balaban J connectivity index is 0.000000295. The molecular formula is C56H106N16O6. The SMILES string of the molecule is CN(c1nc(NCC(=O)O)nc(N(C)C2CC(C)(C)NC(C)(C)C2)n1)C1CC(C)(C)NC(C)(C)C1.CN(c1nc(NCC(=O)O)nc(N(C)C2CC(C)(C)NC(C)(C)C2)n1)C1CC(C)(C)NC(C)(C)C1.OCCCCCCO. The topological polar surface area (TPSA) is 278 Å². The van der Waals surface area contributed by atoms with Crippen molar-refractivity contribution in [3.05, 3.63) is 0 Å². The Morgan fingerprint density at radius 1 is 0.397 bits per heavy atom. The fourth-order valence-electron chi connectivity index (χ4n) is 13.2. The molecular weight excluding hydrogens is 993 g/mol. The van der Waals surface area contributed by atoms with Gasteiger partial charge < -0.3 is 71.9 Å². The molecule has 6 rings (SSSR count). The number of rotatable bonds is 19. The summed E-state index contributed by atoms with van der Waals surface area (Å²) in [4.78, 5) is 59.3. The first-order chi connectivity index (χ1) is 35.7. The smallest absolute Gasteiger partial charge is 0.322 e. The number of aliphatic hydroxyl groups excluding tert-OH is 2. The molecule has 0 aliphatic carbocycles. The second-order valence-electron chi connectivity index (χ2n) is 28.1. The highest BCUT2D eigenvalue weighted by Crippen LogP contribution is 2.37. The summed E-state index contributed by atoms with van der Waals surface area (Å²) >= 11 is 0. The summed E-state index contributed by atoms with van der Waals surface area (Å²) in [7, 11) is 8.11. The van der Waals surface area contributed by atoms with Gasteiger partial charge in [-0.3, -0.25) is 9.59 Å². The van der Waals surface area contributed by atoms with E-state index in [2.05, 4.69) is 182 Å². The van der Waals surface area contributed by atoms with Crippen LogP contribution in [0.4, 0.5) is 35.7 Å². The summed E-state index contributed by atoms with van der Waals surface area (Å²) < 4.78 is 0. The van der Waals surface area contributed by atoms with Crippen molar-refractivity contribution in [1.29, 1.82) is 0 Å². The van der Waals surface area contributed by atoms with Gasteiger partial charge in [-0.15, -0.1) is 0 Å². The molecule has 0 atom stereocenters. The van der Waals surface area contributed by atoms with Crippen molar-refractivity contribution >= 4 is 47.6 Å². The molecule has 22 heteroatoms. The van der Waals surface area contributed by atoms with E-state index >= 15 is 0 Å². The minimum Gasteiger partial charge on any atom is -0.480 e. The first-order valence-corrected chi connectivity index (χ1v) is 28.4. The predicted octanol–water partition coefficient (Wildman–Crippen LogP) is 6.25. The number of nitrogens with zero attached hydrogens (tertiary/aromatic N) is 10. The maximum absolute atomic E-state index is 11.2. The lowest BCUT2D eigenvalue weighted by atomic mass is 9.79. The van der Waals surface area contributed by atoms with Gasteiger partial charge in [-0.2, -0.15) is 29.9 Å². The first kappa shape index (κ1) is 66.0. The number of carbonyl (C=O) groups is 2. The standard InChI is InChI=1S/2C25H46N8O2.C6H14O2/c2*1-22(2)11-16(12-23(3,4)30-22)32(9)20-27-19(26-15-18(34)35)28-21(29-20)33(10)17-13-24(5,6)31-25(7,8)14-17;7-5-3-1-2-4-6-8/h2*16-17,30-31H,11-15H2,1-10H3,(H,34,35)(H,26,27,28,29);7-8H,1-6H2. The van der Waals surface area contributed by atoms with Gasteiger partial charge in [0, 0.05) is 110 Å². The molecule has 0 unspecified atom stereocenters. The van der Waals surface area contributed by atoms with Crippen LogP contribution >= 0.6 is 0 Å². The number of anilines is 6. The van der Waals surface area contributed by atoms with Crippen molar-refractivity contribution in [2.45, 2.75) is 256 Å². The number of aromatic nitrogens is 6. The fourth-order valence-corrected chi connectivity index (χ4v) is 13.2. The van der Waals surface area contributed by atoms with E-state index in [-0.39, 0.29) is 107 Å². The van der Waals surface area contributed by atoms with Crippen molar-refractivity contribution in [3.63, 3.8) is 0 Å². The van der Waals surface area contributed by atoms with E-state index in [1.165, 1.54) is 0 Å². The average Bonchev–Trinajstić information content (AvgIpc) is 3.26. The normalized spacial score (nSPS) is 22.1. The maximum atomic E-state index is 11.2. The van der Waals surface area contributed by atoms with E-state index in [4.69, 9.17) is 20.2 Å². The summed E-state index contributed by atoms with van der Waals surface area (Å²) in [6.45, 7) is 35.6. The number of hydrogen-bond acceptors (Lipinski definition) is 20. The van der Waals surface area contributed by atoms with Crippen molar-refractivity contribution in [3.8, 4) is 0 Å². The maximum Gasteiger partial charge on any atom is 0.322 e. The molecule has 2 aromatic rings. The van der Waals surface area contributed by atoms with Crippen molar-refractivity contribution in [1.82, 2.24) is 51.2 Å². The molecule has 0 bridgehead atoms. The highest BCUT2D eigenvalue weighted by atomic mass is 16.4. The number of carboxylic acids is 2. The lowest BCUT2D eigenvalue weighted by molar-refractivity contribution is -0.136. The molecule has 0 aromatic carbocycles. The Morgan fingerprint density at radius 3 is 0.756 bits per heavy atom. The number of nitrogens with one attached hydrogen (secondary N) is 6. The summed E-state index contributed by atoms with van der Waals surface area (Å²) in [5.74, 6) is 0.873. The van der Waals surface area contributed by atoms with E-state index in [0.717, 1.165) is 77.0 Å². The van der Waals surface area contributed by atoms with Gasteiger partial charge in [0.05, 0.1) is 0 Å². The van der Waals surface area contributed by atoms with Crippen LogP contribution in [0, 0.1) is 0 Å². The van der Waals surface area contributed by atoms with Crippen LogP contribution in [0.25, 0.3) is 0 Å². The molecule has 6 heterocycles. The number of aliphatic carboxylic acids is 2. The molecule has 4 saturated heterocycles. The predicted molar refractivity (Wildman–Crippen MR) is 315 cm³/mol. The monoisotopic (exact) mass is 1100 g/mol. The van der Waals surface area contributed by atoms with Gasteiger partial charge in [0.25, 0.3) is 0 Å². The summed E-state index contributed by atoms with van der Waals surface area (Å²) in [5.41, 5.74) is -0.191. The quantitative estimate of drug-likeness (QED) is 0.0696. The van der Waals surface area contributed by atoms with Crippen molar-refractivity contribution in [2.24, 2.45) is 0 Å². The Bertz CT molecular complexity index is 1930. The molecule has 0 saturated carbocycles. The molecule has 446 valence electrons. The van der Waals surface area contributed by atoms with Crippen molar-refractivity contribution in [2.75, 3.05) is 84.7 Å². The van der Waals surface area contributed by atoms with E-state index < -0.39 is 11.9 Å². The third-order valence-corrected chi connectivity index (χ3v) is 15.2. The van der Waals surface area contributed by atoms with Gasteiger partial charge in [-0.05, 0) is 175 Å². The number of carboxylic acid groups (broad SMARTS) is 2. The highest BCUT2D eigenvalue weighted by Gasteiger charge is 2.44. The second-order valence-corrected chi connectivity index (χ2v) is 28.1. The van der Waals surface area contributed by atoms with E-state index in [1.807, 2.05) is 28.2 Å². The second kappa shape index (κ2) is 26.0. The number of hydrogen-bond donors (Lipinski definition) is 10. The van der Waals surface area contributed by atoms with Crippen LogP contribution in [0.3, 0.4) is 0 Å². The molecule has 78 heavy (non-hydrogen) atoms. The molecule has 4 aliphatic heterocycles. The molecule has 10 N–H and O–H groups in total. The van der Waals surface area contributed by atoms with Gasteiger partial charge in [0.15, 0.2) is 0 Å². The molecule has 4 aliphatic rings. The molecule has 0 spiro atoms. The Labute approximate surface area is 468 Å². The highest BCUT2D eigenvalue weighted by molar-refractivity contribution is 5.72. The van der Waals surface area contributed by atoms with Crippen molar-refractivity contribution < 1.29 is 30.0 Å². The average molecular weight is 1100 g/mol. The Hall–Kier alpha value is -4.48. The zero-order valence-electron chi connectivity index (χ0n) is 51.7. The minimum absolute atomic E-state index is 0.0238. The Kier molecular flexibility index (Phi) is 22.0. The fraction of sp³-hybridized carbons (Fsp3) is 0.857. The molecule has 22 nitrogen and oxygen atoms in total. The lowest BCUT2D eigenvalue weighted by Crippen LogP contribution is -2.62. The summed E-state index contributed by atoms with van der Waals surface area (Å²) in [5, 5.41) is 55.7. The van der Waals surface area contributed by atoms with Crippen LogP contribution in [0.15, 0.2) is 0 Å². The third kappa shape index (κ3) is 20.9. The molecule has 0 amide bonds. The zero-order chi connectivity index (χ0) is 59.0. The van der Waals surface area contributed by atoms with E-state index in [0.29, 0.717) is 23.8 Å². The molecule has 4 fully saturated rings. The van der Waals surface area contributed by atoms with Crippen LogP contribution < -0.4 is 51.5 Å². The number of piperidine rings is 4. The van der Waals surface area contributed by atoms with Gasteiger partial charge in [0.1, 0.15) is 13.1 Å². The van der Waals surface area contributed by atoms with Gasteiger partial charge >= 0.3 is 11.9 Å². The molecule has 0 radical (unpaired) electrons.